The number of furan rings is 1. The molecule has 2 heterocycles. The molecule has 0 saturated carbocycles. The average Bonchev–Trinajstić information content (AvgIpc) is 3.53. The largest absolute Gasteiger partial charge is 0.456 e. The molecule has 0 saturated heterocycles. The summed E-state index contributed by atoms with van der Waals surface area (Å²) in [5, 5.41) is 11.4. The third-order valence-corrected chi connectivity index (χ3v) is 9.31. The summed E-state index contributed by atoms with van der Waals surface area (Å²) in [6.07, 6.45) is 0. The smallest absolute Gasteiger partial charge is 0.164 e. The molecule has 0 spiro atoms. The Morgan fingerprint density at radius 1 is 0.340 bits per heavy atom. The van der Waals surface area contributed by atoms with Gasteiger partial charge < -0.3 is 4.42 Å². The van der Waals surface area contributed by atoms with Crippen LogP contribution in [0.4, 0.5) is 0 Å². The van der Waals surface area contributed by atoms with Gasteiger partial charge in [-0.3, -0.25) is 0 Å². The fourth-order valence-electron chi connectivity index (χ4n) is 7.08. The second-order valence-electron chi connectivity index (χ2n) is 12.0. The molecule has 4 nitrogen and oxygen atoms in total. The molecule has 8 aromatic carbocycles. The molecule has 0 aliphatic heterocycles. The quantitative estimate of drug-likeness (QED) is 0.190. The first kappa shape index (κ1) is 25.9. The van der Waals surface area contributed by atoms with E-state index in [1.807, 2.05) is 12.1 Å². The van der Waals surface area contributed by atoms with Crippen LogP contribution in [0.1, 0.15) is 0 Å². The SMILES string of the molecule is c1ccc2c(-c3nc(-c4ccc5ccc6oc7ccccc7c6c5c4)nc(-c4cccc5c4ccc4ccccc45)n3)cccc2c1. The molecule has 0 N–H and O–H groups in total. The predicted octanol–water partition coefficient (Wildman–Crippen LogP) is 11.4. The molecule has 0 unspecified atom stereocenters. The van der Waals surface area contributed by atoms with Gasteiger partial charge in [0, 0.05) is 27.5 Å². The summed E-state index contributed by atoms with van der Waals surface area (Å²) in [6.45, 7) is 0. The zero-order valence-electron chi connectivity index (χ0n) is 25.2. The topological polar surface area (TPSA) is 51.8 Å². The van der Waals surface area contributed by atoms with Crippen LogP contribution < -0.4 is 0 Å². The van der Waals surface area contributed by atoms with Crippen LogP contribution in [0.15, 0.2) is 156 Å². The average molecular weight is 600 g/mol. The molecule has 10 aromatic rings. The van der Waals surface area contributed by atoms with Gasteiger partial charge in [-0.25, -0.2) is 15.0 Å². The molecule has 0 aliphatic rings. The second kappa shape index (κ2) is 10.1. The van der Waals surface area contributed by atoms with Crippen molar-refractivity contribution in [2.75, 3.05) is 0 Å². The Hall–Kier alpha value is -6.39. The van der Waals surface area contributed by atoms with Crippen LogP contribution in [0.3, 0.4) is 0 Å². The first-order valence-corrected chi connectivity index (χ1v) is 15.8. The summed E-state index contributed by atoms with van der Waals surface area (Å²) < 4.78 is 6.23. The van der Waals surface area contributed by atoms with Crippen molar-refractivity contribution in [3.63, 3.8) is 0 Å². The Labute approximate surface area is 269 Å². The maximum absolute atomic E-state index is 6.23. The Kier molecular flexibility index (Phi) is 5.54. The lowest BCUT2D eigenvalue weighted by atomic mass is 9.98. The van der Waals surface area contributed by atoms with Gasteiger partial charge in [0.15, 0.2) is 17.5 Å². The lowest BCUT2D eigenvalue weighted by Gasteiger charge is -2.13. The van der Waals surface area contributed by atoms with Gasteiger partial charge in [0.25, 0.3) is 0 Å². The summed E-state index contributed by atoms with van der Waals surface area (Å²) in [7, 11) is 0. The van der Waals surface area contributed by atoms with E-state index in [0.29, 0.717) is 17.5 Å². The van der Waals surface area contributed by atoms with Crippen LogP contribution in [0, 0.1) is 0 Å². The minimum absolute atomic E-state index is 0.627. The highest BCUT2D eigenvalue weighted by Gasteiger charge is 2.18. The number of hydrogen-bond acceptors (Lipinski definition) is 4. The van der Waals surface area contributed by atoms with Gasteiger partial charge in [-0.05, 0) is 61.3 Å². The molecule has 0 bridgehead atoms. The molecular formula is C43H25N3O. The third-order valence-electron chi connectivity index (χ3n) is 9.31. The number of fused-ring (bicyclic) bond motifs is 9. The zero-order valence-corrected chi connectivity index (χ0v) is 25.2. The van der Waals surface area contributed by atoms with E-state index in [1.165, 1.54) is 16.2 Å². The Morgan fingerprint density at radius 3 is 1.77 bits per heavy atom. The lowest BCUT2D eigenvalue weighted by Crippen LogP contribution is -2.01. The first-order chi connectivity index (χ1) is 23.3. The van der Waals surface area contributed by atoms with Crippen molar-refractivity contribution in [3.05, 3.63) is 152 Å². The maximum atomic E-state index is 6.23. The first-order valence-electron chi connectivity index (χ1n) is 15.8. The van der Waals surface area contributed by atoms with E-state index in [-0.39, 0.29) is 0 Å². The van der Waals surface area contributed by atoms with Gasteiger partial charge in [0.05, 0.1) is 0 Å². The Balaban J connectivity index is 1.26. The number of nitrogens with zero attached hydrogens (tertiary/aromatic N) is 3. The Morgan fingerprint density at radius 2 is 0.915 bits per heavy atom. The molecule has 47 heavy (non-hydrogen) atoms. The number of rotatable bonds is 3. The Bertz CT molecular complexity index is 2860. The highest BCUT2D eigenvalue weighted by molar-refractivity contribution is 6.19. The van der Waals surface area contributed by atoms with Crippen molar-refractivity contribution in [1.82, 2.24) is 15.0 Å². The van der Waals surface area contributed by atoms with Gasteiger partial charge in [-0.1, -0.05) is 133 Å². The fraction of sp³-hybridized carbons (Fsp3) is 0. The lowest BCUT2D eigenvalue weighted by molar-refractivity contribution is 0.669. The van der Waals surface area contributed by atoms with Gasteiger partial charge >= 0.3 is 0 Å². The van der Waals surface area contributed by atoms with E-state index in [4.69, 9.17) is 19.4 Å². The molecular weight excluding hydrogens is 574 g/mol. The molecule has 4 heteroatoms. The number of para-hydroxylation sites is 1. The van der Waals surface area contributed by atoms with Crippen molar-refractivity contribution in [2.24, 2.45) is 0 Å². The van der Waals surface area contributed by atoms with E-state index >= 15 is 0 Å². The molecule has 0 radical (unpaired) electrons. The van der Waals surface area contributed by atoms with Crippen molar-refractivity contribution in [3.8, 4) is 34.2 Å². The van der Waals surface area contributed by atoms with Crippen LogP contribution in [0.25, 0.3) is 99.2 Å². The minimum Gasteiger partial charge on any atom is -0.456 e. The fourth-order valence-corrected chi connectivity index (χ4v) is 7.08. The summed E-state index contributed by atoms with van der Waals surface area (Å²) in [6, 6.07) is 52.8. The van der Waals surface area contributed by atoms with Crippen LogP contribution in [0.5, 0.6) is 0 Å². The van der Waals surface area contributed by atoms with Gasteiger partial charge in [-0.15, -0.1) is 0 Å². The van der Waals surface area contributed by atoms with Crippen LogP contribution in [0.2, 0.25) is 0 Å². The van der Waals surface area contributed by atoms with Gasteiger partial charge in [0.1, 0.15) is 11.2 Å². The number of hydrogen-bond donors (Lipinski definition) is 0. The second-order valence-corrected chi connectivity index (χ2v) is 12.0. The van der Waals surface area contributed by atoms with Gasteiger partial charge in [0.2, 0.25) is 0 Å². The van der Waals surface area contributed by atoms with E-state index in [0.717, 1.165) is 65.6 Å². The summed E-state index contributed by atoms with van der Waals surface area (Å²) in [5.74, 6) is 1.92. The van der Waals surface area contributed by atoms with Crippen LogP contribution >= 0.6 is 0 Å². The normalized spacial score (nSPS) is 11.8. The van der Waals surface area contributed by atoms with Crippen LogP contribution in [-0.2, 0) is 0 Å². The van der Waals surface area contributed by atoms with E-state index in [9.17, 15) is 0 Å². The molecule has 10 rings (SSSR count). The zero-order chi connectivity index (χ0) is 30.9. The van der Waals surface area contributed by atoms with E-state index < -0.39 is 0 Å². The summed E-state index contributed by atoms with van der Waals surface area (Å²) >= 11 is 0. The van der Waals surface area contributed by atoms with Crippen molar-refractivity contribution >= 4 is 65.0 Å². The maximum Gasteiger partial charge on any atom is 0.164 e. The predicted molar refractivity (Wildman–Crippen MR) is 193 cm³/mol. The molecule has 2 aromatic heterocycles. The third kappa shape index (κ3) is 4.05. The molecule has 218 valence electrons. The molecule has 0 atom stereocenters. The van der Waals surface area contributed by atoms with E-state index in [2.05, 4.69) is 140 Å². The minimum atomic E-state index is 0.627. The van der Waals surface area contributed by atoms with E-state index in [1.54, 1.807) is 0 Å². The highest BCUT2D eigenvalue weighted by atomic mass is 16.3. The van der Waals surface area contributed by atoms with Gasteiger partial charge in [-0.2, -0.15) is 0 Å². The molecule has 0 aliphatic carbocycles. The highest BCUT2D eigenvalue weighted by Crippen LogP contribution is 2.38. The summed E-state index contributed by atoms with van der Waals surface area (Å²) in [4.78, 5) is 15.6. The van der Waals surface area contributed by atoms with Crippen molar-refractivity contribution in [2.45, 2.75) is 0 Å². The molecule has 0 amide bonds. The van der Waals surface area contributed by atoms with Crippen LogP contribution in [-0.4, -0.2) is 15.0 Å². The molecule has 0 fully saturated rings. The number of aromatic nitrogens is 3. The monoisotopic (exact) mass is 599 g/mol. The summed E-state index contributed by atoms with van der Waals surface area (Å²) in [5.41, 5.74) is 4.62. The van der Waals surface area contributed by atoms with Crippen molar-refractivity contribution in [1.29, 1.82) is 0 Å². The van der Waals surface area contributed by atoms with Crippen molar-refractivity contribution < 1.29 is 4.42 Å². The number of benzene rings is 8. The standard InChI is InChI=1S/C43H25N3O/c1-4-13-31-26(9-1)11-7-16-34(31)42-44-41(29-20-19-28-22-24-39-40(37(28)25-29)36-14-5-6-18-38(36)47-39)45-43(46-42)35-17-8-15-32-30-12-3-2-10-27(30)21-23-33(32)35/h1-25H.